The van der Waals surface area contributed by atoms with Gasteiger partial charge in [-0.05, 0) is 24.5 Å². The van der Waals surface area contributed by atoms with Gasteiger partial charge >= 0.3 is 0 Å². The van der Waals surface area contributed by atoms with E-state index in [0.29, 0.717) is 12.7 Å². The topological polar surface area (TPSA) is 68.0 Å². The number of fused-ring (bicyclic) bond motifs is 1. The molecule has 18 heavy (non-hydrogen) atoms. The summed E-state index contributed by atoms with van der Waals surface area (Å²) in [6.45, 7) is 2.22. The zero-order valence-electron chi connectivity index (χ0n) is 10.2. The fourth-order valence-corrected chi connectivity index (χ4v) is 2.60. The van der Waals surface area contributed by atoms with Crippen molar-refractivity contribution in [3.05, 3.63) is 18.2 Å². The van der Waals surface area contributed by atoms with Crippen molar-refractivity contribution in [1.29, 1.82) is 0 Å². The van der Waals surface area contributed by atoms with E-state index in [-0.39, 0.29) is 12.6 Å². The Hall–Kier alpha value is -1.46. The fraction of sp³-hybridized carbons (Fsp3) is 0.538. The van der Waals surface area contributed by atoms with Crippen LogP contribution in [0.15, 0.2) is 18.2 Å². The van der Waals surface area contributed by atoms with Gasteiger partial charge in [0.2, 0.25) is 6.79 Å². The highest BCUT2D eigenvalue weighted by molar-refractivity contribution is 5.57. The van der Waals surface area contributed by atoms with Crippen LogP contribution in [0.4, 0.5) is 5.69 Å². The molecular weight excluding hydrogens is 232 g/mol. The maximum atomic E-state index is 9.10. The van der Waals surface area contributed by atoms with E-state index in [1.54, 1.807) is 0 Å². The predicted molar refractivity (Wildman–Crippen MR) is 67.9 cm³/mol. The zero-order valence-corrected chi connectivity index (χ0v) is 10.2. The molecule has 1 aromatic carbocycles. The van der Waals surface area contributed by atoms with Crippen LogP contribution in [-0.2, 0) is 0 Å². The highest BCUT2D eigenvalue weighted by Crippen LogP contribution is 2.36. The average molecular weight is 250 g/mol. The van der Waals surface area contributed by atoms with Gasteiger partial charge in [-0.15, -0.1) is 0 Å². The maximum Gasteiger partial charge on any atom is 0.231 e. The monoisotopic (exact) mass is 250 g/mol. The maximum absolute atomic E-state index is 9.10. The number of hydrogen-bond acceptors (Lipinski definition) is 5. The van der Waals surface area contributed by atoms with E-state index in [4.69, 9.17) is 20.3 Å². The molecule has 2 aliphatic rings. The number of rotatable bonds is 3. The molecule has 2 atom stereocenters. The lowest BCUT2D eigenvalue weighted by Gasteiger charge is -2.21. The van der Waals surface area contributed by atoms with Crippen LogP contribution in [0.5, 0.6) is 11.5 Å². The minimum atomic E-state index is -0.121. The number of aliphatic hydroxyl groups is 1. The van der Waals surface area contributed by atoms with Gasteiger partial charge in [0, 0.05) is 30.9 Å². The van der Waals surface area contributed by atoms with Crippen LogP contribution in [0.25, 0.3) is 0 Å². The molecule has 2 unspecified atom stereocenters. The van der Waals surface area contributed by atoms with Crippen LogP contribution in [0.1, 0.15) is 6.42 Å². The summed E-state index contributed by atoms with van der Waals surface area (Å²) in [7, 11) is 0. The smallest absolute Gasteiger partial charge is 0.231 e. The molecule has 0 amide bonds. The molecule has 0 radical (unpaired) electrons. The molecule has 1 aromatic rings. The summed E-state index contributed by atoms with van der Waals surface area (Å²) in [6, 6.07) is 5.87. The normalized spacial score (nSPS) is 23.4. The lowest BCUT2D eigenvalue weighted by Crippen LogP contribution is -2.35. The second kappa shape index (κ2) is 4.66. The minimum absolute atomic E-state index is 0.0552. The van der Waals surface area contributed by atoms with Crippen molar-refractivity contribution in [1.82, 2.24) is 0 Å². The lowest BCUT2D eigenvalue weighted by molar-refractivity contribution is 0.174. The molecule has 0 aromatic heterocycles. The predicted octanol–water partition coefficient (Wildman–Crippen LogP) is 0.561. The number of nitrogens with zero attached hydrogens (tertiary/aromatic N) is 1. The van der Waals surface area contributed by atoms with E-state index in [1.165, 1.54) is 0 Å². The van der Waals surface area contributed by atoms with E-state index >= 15 is 0 Å². The molecule has 2 heterocycles. The Labute approximate surface area is 106 Å². The Balaban J connectivity index is 1.73. The molecular formula is C13H18N2O3. The molecule has 5 heteroatoms. The SMILES string of the molecule is NC(CO)C1CCN(c2ccc3c(c2)OCO3)C1. The summed E-state index contributed by atoms with van der Waals surface area (Å²) in [4.78, 5) is 2.28. The Morgan fingerprint density at radius 3 is 3.06 bits per heavy atom. The van der Waals surface area contributed by atoms with Crippen molar-refractivity contribution in [2.45, 2.75) is 12.5 Å². The lowest BCUT2D eigenvalue weighted by atomic mass is 10.0. The van der Waals surface area contributed by atoms with E-state index < -0.39 is 0 Å². The molecule has 0 aliphatic carbocycles. The first-order chi connectivity index (χ1) is 8.78. The van der Waals surface area contributed by atoms with Gasteiger partial charge in [-0.1, -0.05) is 0 Å². The highest BCUT2D eigenvalue weighted by atomic mass is 16.7. The molecule has 0 bridgehead atoms. The van der Waals surface area contributed by atoms with Crippen molar-refractivity contribution in [2.24, 2.45) is 11.7 Å². The van der Waals surface area contributed by atoms with Gasteiger partial charge in [0.15, 0.2) is 11.5 Å². The van der Waals surface area contributed by atoms with Crippen molar-refractivity contribution >= 4 is 5.69 Å². The number of benzene rings is 1. The quantitative estimate of drug-likeness (QED) is 0.820. The van der Waals surface area contributed by atoms with Gasteiger partial charge in [0.05, 0.1) is 6.61 Å². The largest absolute Gasteiger partial charge is 0.454 e. The molecule has 98 valence electrons. The van der Waals surface area contributed by atoms with Gasteiger partial charge < -0.3 is 25.2 Å². The van der Waals surface area contributed by atoms with Gasteiger partial charge in [-0.3, -0.25) is 0 Å². The van der Waals surface area contributed by atoms with Crippen LogP contribution in [-0.4, -0.2) is 37.6 Å². The van der Waals surface area contributed by atoms with Crippen molar-refractivity contribution in [2.75, 3.05) is 31.4 Å². The summed E-state index contributed by atoms with van der Waals surface area (Å²) in [5, 5.41) is 9.10. The summed E-state index contributed by atoms with van der Waals surface area (Å²) in [5.41, 5.74) is 7.02. The number of nitrogens with two attached hydrogens (primary N) is 1. The van der Waals surface area contributed by atoms with E-state index in [9.17, 15) is 0 Å². The van der Waals surface area contributed by atoms with Gasteiger partial charge in [-0.25, -0.2) is 0 Å². The standard InChI is InChI=1S/C13H18N2O3/c14-11(7-16)9-3-4-15(6-9)10-1-2-12-13(5-10)18-8-17-12/h1-2,5,9,11,16H,3-4,6-8,14H2. The number of aliphatic hydroxyl groups excluding tert-OH is 1. The Kier molecular flexibility index (Phi) is 3.01. The van der Waals surface area contributed by atoms with Crippen LogP contribution in [0.3, 0.4) is 0 Å². The third-order valence-electron chi connectivity index (χ3n) is 3.76. The van der Waals surface area contributed by atoms with E-state index in [0.717, 1.165) is 36.7 Å². The van der Waals surface area contributed by atoms with Crippen LogP contribution < -0.4 is 20.1 Å². The molecule has 1 fully saturated rings. The Bertz CT molecular complexity index is 438. The highest BCUT2D eigenvalue weighted by Gasteiger charge is 2.28. The molecule has 0 spiro atoms. The second-order valence-electron chi connectivity index (χ2n) is 4.88. The molecule has 1 saturated heterocycles. The van der Waals surface area contributed by atoms with Crippen LogP contribution in [0.2, 0.25) is 0 Å². The van der Waals surface area contributed by atoms with E-state index in [1.807, 2.05) is 18.2 Å². The van der Waals surface area contributed by atoms with Crippen molar-refractivity contribution < 1.29 is 14.6 Å². The number of hydrogen-bond donors (Lipinski definition) is 2. The first kappa shape index (κ1) is 11.6. The summed E-state index contributed by atoms with van der Waals surface area (Å²) in [5.74, 6) is 1.98. The number of ether oxygens (including phenoxy) is 2. The first-order valence-corrected chi connectivity index (χ1v) is 6.29. The summed E-state index contributed by atoms with van der Waals surface area (Å²) < 4.78 is 10.7. The van der Waals surface area contributed by atoms with Crippen LogP contribution >= 0.6 is 0 Å². The number of anilines is 1. The summed E-state index contributed by atoms with van der Waals surface area (Å²) >= 11 is 0. The molecule has 5 nitrogen and oxygen atoms in total. The van der Waals surface area contributed by atoms with Crippen LogP contribution in [0, 0.1) is 5.92 Å². The Morgan fingerprint density at radius 1 is 1.39 bits per heavy atom. The average Bonchev–Trinajstić information content (AvgIpc) is 3.05. The minimum Gasteiger partial charge on any atom is -0.454 e. The summed E-state index contributed by atoms with van der Waals surface area (Å²) in [6.07, 6.45) is 1.02. The molecule has 3 N–H and O–H groups in total. The second-order valence-corrected chi connectivity index (χ2v) is 4.88. The Morgan fingerprint density at radius 2 is 2.22 bits per heavy atom. The first-order valence-electron chi connectivity index (χ1n) is 6.29. The van der Waals surface area contributed by atoms with Crippen molar-refractivity contribution in [3.63, 3.8) is 0 Å². The molecule has 3 rings (SSSR count). The van der Waals surface area contributed by atoms with Gasteiger partial charge in [0.25, 0.3) is 0 Å². The van der Waals surface area contributed by atoms with Crippen molar-refractivity contribution in [3.8, 4) is 11.5 Å². The third-order valence-corrected chi connectivity index (χ3v) is 3.76. The molecule has 0 saturated carbocycles. The van der Waals surface area contributed by atoms with Gasteiger partial charge in [0.1, 0.15) is 0 Å². The van der Waals surface area contributed by atoms with E-state index in [2.05, 4.69) is 4.90 Å². The third kappa shape index (κ3) is 2.00. The molecule has 2 aliphatic heterocycles. The zero-order chi connectivity index (χ0) is 12.5. The fourth-order valence-electron chi connectivity index (χ4n) is 2.60. The van der Waals surface area contributed by atoms with Gasteiger partial charge in [-0.2, -0.15) is 0 Å².